The molecule has 0 aliphatic heterocycles. The van der Waals surface area contributed by atoms with Crippen LogP contribution in [-0.2, 0) is 14.8 Å². The van der Waals surface area contributed by atoms with E-state index in [9.17, 15) is 13.2 Å². The van der Waals surface area contributed by atoms with Gasteiger partial charge in [-0.05, 0) is 74.5 Å². The molecule has 5 nitrogen and oxygen atoms in total. The van der Waals surface area contributed by atoms with Gasteiger partial charge >= 0.3 is 0 Å². The lowest BCUT2D eigenvalue weighted by Crippen LogP contribution is -2.22. The fourth-order valence-electron chi connectivity index (χ4n) is 2.57. The van der Waals surface area contributed by atoms with Gasteiger partial charge in [-0.3, -0.25) is 9.52 Å². The van der Waals surface area contributed by atoms with Gasteiger partial charge < -0.3 is 5.32 Å². The van der Waals surface area contributed by atoms with E-state index in [2.05, 4.69) is 26.0 Å². The van der Waals surface area contributed by atoms with Crippen molar-refractivity contribution in [2.24, 2.45) is 0 Å². The zero-order valence-corrected chi connectivity index (χ0v) is 19.6. The molecule has 0 bridgehead atoms. The normalized spacial score (nSPS) is 12.2. The molecule has 2 N–H and O–H groups in total. The number of anilines is 2. The number of thioether (sulfide) groups is 1. The Labute approximate surface area is 189 Å². The van der Waals surface area contributed by atoms with Crippen LogP contribution in [0.5, 0.6) is 0 Å². The number of hydrogen-bond acceptors (Lipinski definition) is 4. The van der Waals surface area contributed by atoms with Gasteiger partial charge in [-0.2, -0.15) is 0 Å². The number of carbonyl (C=O) groups is 1. The van der Waals surface area contributed by atoms with Crippen molar-refractivity contribution in [1.29, 1.82) is 0 Å². The number of aryl methyl sites for hydroxylation is 1. The van der Waals surface area contributed by atoms with Gasteiger partial charge in [0.2, 0.25) is 5.91 Å². The molecule has 0 aliphatic carbocycles. The average molecular weight is 505 g/mol. The molecule has 1 atom stereocenters. The van der Waals surface area contributed by atoms with E-state index in [1.54, 1.807) is 36.4 Å². The molecule has 0 heterocycles. The summed E-state index contributed by atoms with van der Waals surface area (Å²) in [5.74, 6) is -0.149. The molecule has 8 heteroatoms. The van der Waals surface area contributed by atoms with E-state index in [4.69, 9.17) is 0 Å². The van der Waals surface area contributed by atoms with E-state index < -0.39 is 10.0 Å². The van der Waals surface area contributed by atoms with Crippen LogP contribution in [0.4, 0.5) is 11.4 Å². The van der Waals surface area contributed by atoms with E-state index in [1.807, 2.05) is 38.1 Å². The van der Waals surface area contributed by atoms with Crippen LogP contribution in [0.25, 0.3) is 0 Å². The highest BCUT2D eigenvalue weighted by molar-refractivity contribution is 9.10. The van der Waals surface area contributed by atoms with Crippen molar-refractivity contribution < 1.29 is 13.2 Å². The topological polar surface area (TPSA) is 75.3 Å². The fraction of sp³-hybridized carbons (Fsp3) is 0.136. The van der Waals surface area contributed by atoms with Gasteiger partial charge in [0.1, 0.15) is 0 Å². The summed E-state index contributed by atoms with van der Waals surface area (Å²) >= 11 is 4.78. The van der Waals surface area contributed by atoms with Crippen LogP contribution in [0.2, 0.25) is 0 Å². The Balaban J connectivity index is 1.62. The molecule has 3 aromatic rings. The van der Waals surface area contributed by atoms with E-state index in [0.29, 0.717) is 11.4 Å². The Morgan fingerprint density at radius 3 is 2.07 bits per heavy atom. The lowest BCUT2D eigenvalue weighted by Gasteiger charge is -2.13. The van der Waals surface area contributed by atoms with E-state index in [1.165, 1.54) is 29.5 Å². The lowest BCUT2D eigenvalue weighted by atomic mass is 10.2. The molecule has 0 radical (unpaired) electrons. The predicted octanol–water partition coefficient (Wildman–Crippen LogP) is 5.68. The Morgan fingerprint density at radius 1 is 0.900 bits per heavy atom. The summed E-state index contributed by atoms with van der Waals surface area (Å²) in [5, 5.41) is 2.53. The summed E-state index contributed by atoms with van der Waals surface area (Å²) in [6.07, 6.45) is 0. The van der Waals surface area contributed by atoms with Crippen molar-refractivity contribution in [2.75, 3.05) is 10.0 Å². The molecular weight excluding hydrogens is 484 g/mol. The zero-order valence-electron chi connectivity index (χ0n) is 16.4. The second kappa shape index (κ2) is 9.68. The first kappa shape index (κ1) is 22.4. The first-order valence-corrected chi connectivity index (χ1v) is 12.3. The molecule has 0 fully saturated rings. The van der Waals surface area contributed by atoms with Crippen LogP contribution >= 0.6 is 27.7 Å². The third-order valence-electron chi connectivity index (χ3n) is 4.23. The largest absolute Gasteiger partial charge is 0.325 e. The molecule has 3 rings (SSSR count). The highest BCUT2D eigenvalue weighted by Gasteiger charge is 2.17. The van der Waals surface area contributed by atoms with Crippen LogP contribution in [0, 0.1) is 6.92 Å². The smallest absolute Gasteiger partial charge is 0.261 e. The van der Waals surface area contributed by atoms with Crippen LogP contribution in [0.3, 0.4) is 0 Å². The van der Waals surface area contributed by atoms with Crippen LogP contribution in [0.15, 0.2) is 87.1 Å². The van der Waals surface area contributed by atoms with Crippen molar-refractivity contribution in [3.63, 3.8) is 0 Å². The lowest BCUT2D eigenvalue weighted by molar-refractivity contribution is -0.115. The summed E-state index contributed by atoms with van der Waals surface area (Å²) < 4.78 is 28.5. The minimum absolute atomic E-state index is 0.116. The Kier molecular flexibility index (Phi) is 7.23. The summed E-state index contributed by atoms with van der Waals surface area (Å²) in [4.78, 5) is 13.6. The molecule has 3 aromatic carbocycles. The molecule has 0 saturated carbocycles. The Morgan fingerprint density at radius 2 is 1.47 bits per heavy atom. The summed E-state index contributed by atoms with van der Waals surface area (Å²) in [6, 6.07) is 20.9. The molecule has 0 aliphatic rings. The second-order valence-corrected chi connectivity index (χ2v) is 10.7. The van der Waals surface area contributed by atoms with Crippen LogP contribution in [-0.4, -0.2) is 19.6 Å². The number of amides is 1. The zero-order chi connectivity index (χ0) is 21.7. The number of rotatable bonds is 7. The maximum atomic E-state index is 12.5. The van der Waals surface area contributed by atoms with Gasteiger partial charge in [0.25, 0.3) is 10.0 Å². The summed E-state index contributed by atoms with van der Waals surface area (Å²) in [5.41, 5.74) is 2.18. The second-order valence-electron chi connectivity index (χ2n) is 6.70. The number of halogens is 1. The molecule has 0 aromatic heterocycles. The quantitative estimate of drug-likeness (QED) is 0.406. The molecule has 0 spiro atoms. The highest BCUT2D eigenvalue weighted by atomic mass is 79.9. The monoisotopic (exact) mass is 504 g/mol. The van der Waals surface area contributed by atoms with Crippen molar-refractivity contribution >= 4 is 55.0 Å². The third-order valence-corrected chi connectivity index (χ3v) is 7.27. The van der Waals surface area contributed by atoms with Crippen LogP contribution < -0.4 is 10.0 Å². The number of carbonyl (C=O) groups excluding carboxylic acids is 1. The first-order valence-electron chi connectivity index (χ1n) is 9.15. The summed E-state index contributed by atoms with van der Waals surface area (Å²) in [6.45, 7) is 3.85. The predicted molar refractivity (Wildman–Crippen MR) is 127 cm³/mol. The van der Waals surface area contributed by atoms with Crippen molar-refractivity contribution in [2.45, 2.75) is 28.9 Å². The SMILES string of the molecule is Cc1ccc(S[C@H](C)C(=O)Nc2ccc(S(=O)(=O)Nc3ccc(Br)cc3)cc2)cc1. The molecule has 0 saturated heterocycles. The molecular formula is C22H21BrN2O3S2. The molecule has 156 valence electrons. The van der Waals surface area contributed by atoms with Gasteiger partial charge in [-0.1, -0.05) is 33.6 Å². The third kappa shape index (κ3) is 6.10. The number of sulfonamides is 1. The highest BCUT2D eigenvalue weighted by Crippen LogP contribution is 2.25. The first-order chi connectivity index (χ1) is 14.2. The maximum absolute atomic E-state index is 12.5. The van der Waals surface area contributed by atoms with Crippen molar-refractivity contribution in [3.05, 3.63) is 82.8 Å². The fourth-order valence-corrected chi connectivity index (χ4v) is 4.76. The average Bonchev–Trinajstić information content (AvgIpc) is 2.71. The van der Waals surface area contributed by atoms with Gasteiger partial charge in [-0.15, -0.1) is 11.8 Å². The minimum Gasteiger partial charge on any atom is -0.325 e. The Bertz CT molecular complexity index is 1110. The van der Waals surface area contributed by atoms with Gasteiger partial charge in [0.05, 0.1) is 10.1 Å². The summed E-state index contributed by atoms with van der Waals surface area (Å²) in [7, 11) is -3.71. The number of benzene rings is 3. The van der Waals surface area contributed by atoms with E-state index >= 15 is 0 Å². The van der Waals surface area contributed by atoms with Crippen molar-refractivity contribution in [3.8, 4) is 0 Å². The minimum atomic E-state index is -3.71. The van der Waals surface area contributed by atoms with Crippen molar-refractivity contribution in [1.82, 2.24) is 0 Å². The maximum Gasteiger partial charge on any atom is 0.261 e. The Hall–Kier alpha value is -2.29. The van der Waals surface area contributed by atoms with E-state index in [-0.39, 0.29) is 16.1 Å². The molecule has 0 unspecified atom stereocenters. The van der Waals surface area contributed by atoms with Crippen LogP contribution in [0.1, 0.15) is 12.5 Å². The van der Waals surface area contributed by atoms with Gasteiger partial charge in [-0.25, -0.2) is 8.42 Å². The number of nitrogens with one attached hydrogen (secondary N) is 2. The van der Waals surface area contributed by atoms with Gasteiger partial charge in [0.15, 0.2) is 0 Å². The molecule has 30 heavy (non-hydrogen) atoms. The number of hydrogen-bond donors (Lipinski definition) is 2. The van der Waals surface area contributed by atoms with E-state index in [0.717, 1.165) is 9.37 Å². The standard InChI is InChI=1S/C22H21BrN2O3S2/c1-15-3-11-20(12-4-15)29-16(2)22(26)24-18-9-13-21(14-10-18)30(27,28)25-19-7-5-17(23)6-8-19/h3-14,16,25H,1-2H3,(H,24,26)/t16-/m1/s1. The van der Waals surface area contributed by atoms with Gasteiger partial charge in [0, 0.05) is 20.7 Å². The molecule has 1 amide bonds.